The Bertz CT molecular complexity index is 998. The van der Waals surface area contributed by atoms with Gasteiger partial charge in [0.2, 0.25) is 0 Å². The van der Waals surface area contributed by atoms with Crippen LogP contribution in [0, 0.1) is 11.3 Å². The van der Waals surface area contributed by atoms with Crippen LogP contribution in [0.5, 0.6) is 0 Å². The van der Waals surface area contributed by atoms with E-state index in [1.165, 1.54) is 0 Å². The number of nitriles is 1. The van der Waals surface area contributed by atoms with Gasteiger partial charge in [0.1, 0.15) is 0 Å². The largest absolute Gasteiger partial charge is 0.322 e. The predicted octanol–water partition coefficient (Wildman–Crippen LogP) is 4.68. The van der Waals surface area contributed by atoms with Gasteiger partial charge in [0.05, 0.1) is 11.5 Å². The SMILES string of the molecule is CCc1cc2ccc(C(C)(C#N)C(C)c3ccccc3)cc2[nH]c1=O. The van der Waals surface area contributed by atoms with E-state index >= 15 is 0 Å². The van der Waals surface area contributed by atoms with Gasteiger partial charge < -0.3 is 4.98 Å². The Hall–Kier alpha value is -2.86. The monoisotopic (exact) mass is 330 g/mol. The van der Waals surface area contributed by atoms with E-state index in [4.69, 9.17) is 0 Å². The van der Waals surface area contributed by atoms with Gasteiger partial charge in [0, 0.05) is 17.0 Å². The van der Waals surface area contributed by atoms with Crippen molar-refractivity contribution in [2.75, 3.05) is 0 Å². The van der Waals surface area contributed by atoms with Crippen LogP contribution in [0.3, 0.4) is 0 Å². The third kappa shape index (κ3) is 2.96. The van der Waals surface area contributed by atoms with Gasteiger partial charge in [-0.2, -0.15) is 5.26 Å². The zero-order valence-electron chi connectivity index (χ0n) is 14.8. The summed E-state index contributed by atoms with van der Waals surface area (Å²) >= 11 is 0. The lowest BCUT2D eigenvalue weighted by Gasteiger charge is -2.30. The molecule has 0 aliphatic rings. The summed E-state index contributed by atoms with van der Waals surface area (Å²) < 4.78 is 0. The van der Waals surface area contributed by atoms with Crippen LogP contribution in [0.25, 0.3) is 10.9 Å². The summed E-state index contributed by atoms with van der Waals surface area (Å²) in [6, 6.07) is 20.4. The number of nitrogens with zero attached hydrogens (tertiary/aromatic N) is 1. The molecule has 0 aliphatic carbocycles. The van der Waals surface area contributed by atoms with Gasteiger partial charge in [-0.15, -0.1) is 0 Å². The predicted molar refractivity (Wildman–Crippen MR) is 102 cm³/mol. The van der Waals surface area contributed by atoms with Gasteiger partial charge in [0.25, 0.3) is 5.56 Å². The average Bonchev–Trinajstić information content (AvgIpc) is 2.66. The molecule has 126 valence electrons. The molecule has 0 fully saturated rings. The lowest BCUT2D eigenvalue weighted by Crippen LogP contribution is -2.27. The minimum absolute atomic E-state index is 0.0257. The topological polar surface area (TPSA) is 56.6 Å². The smallest absolute Gasteiger partial charge is 0.251 e. The number of nitrogens with one attached hydrogen (secondary N) is 1. The second kappa shape index (κ2) is 6.57. The Morgan fingerprint density at radius 2 is 1.88 bits per heavy atom. The van der Waals surface area contributed by atoms with Gasteiger partial charge in [-0.05, 0) is 42.0 Å². The van der Waals surface area contributed by atoms with Crippen molar-refractivity contribution in [3.05, 3.63) is 81.6 Å². The van der Waals surface area contributed by atoms with Crippen molar-refractivity contribution in [1.82, 2.24) is 4.98 Å². The number of pyridine rings is 1. The zero-order valence-corrected chi connectivity index (χ0v) is 14.8. The van der Waals surface area contributed by atoms with E-state index in [1.807, 2.05) is 56.3 Å². The minimum atomic E-state index is -0.685. The maximum Gasteiger partial charge on any atom is 0.251 e. The maximum atomic E-state index is 12.1. The molecule has 1 heterocycles. The van der Waals surface area contributed by atoms with Crippen molar-refractivity contribution >= 4 is 10.9 Å². The van der Waals surface area contributed by atoms with Crippen LogP contribution in [-0.2, 0) is 11.8 Å². The van der Waals surface area contributed by atoms with Crippen LogP contribution in [0.4, 0.5) is 0 Å². The lowest BCUT2D eigenvalue weighted by atomic mass is 9.71. The Labute approximate surface area is 147 Å². The first kappa shape index (κ1) is 17.0. The fourth-order valence-electron chi connectivity index (χ4n) is 3.32. The van der Waals surface area contributed by atoms with Crippen molar-refractivity contribution in [1.29, 1.82) is 5.26 Å². The highest BCUT2D eigenvalue weighted by Crippen LogP contribution is 2.39. The number of fused-ring (bicyclic) bond motifs is 1. The molecular formula is C22H22N2O. The lowest BCUT2D eigenvalue weighted by molar-refractivity contribution is 0.505. The molecule has 3 nitrogen and oxygen atoms in total. The van der Waals surface area contributed by atoms with E-state index in [0.717, 1.165) is 27.6 Å². The van der Waals surface area contributed by atoms with E-state index in [-0.39, 0.29) is 11.5 Å². The third-order valence-corrected chi connectivity index (χ3v) is 5.30. The highest BCUT2D eigenvalue weighted by Gasteiger charge is 2.34. The summed E-state index contributed by atoms with van der Waals surface area (Å²) in [6.45, 7) is 6.01. The molecular weight excluding hydrogens is 308 g/mol. The molecule has 2 aromatic carbocycles. The van der Waals surface area contributed by atoms with Crippen molar-refractivity contribution in [2.24, 2.45) is 0 Å². The second-order valence-electron chi connectivity index (χ2n) is 6.73. The normalized spacial score (nSPS) is 14.6. The van der Waals surface area contributed by atoms with Crippen LogP contribution in [0.1, 0.15) is 43.4 Å². The van der Waals surface area contributed by atoms with Gasteiger partial charge in [-0.3, -0.25) is 4.79 Å². The first-order valence-electron chi connectivity index (χ1n) is 8.62. The highest BCUT2D eigenvalue weighted by molar-refractivity contribution is 5.80. The first-order valence-corrected chi connectivity index (χ1v) is 8.62. The molecule has 0 saturated carbocycles. The molecule has 0 saturated heterocycles. The Balaban J connectivity index is 2.12. The number of aromatic nitrogens is 1. The molecule has 3 heteroatoms. The van der Waals surface area contributed by atoms with Gasteiger partial charge >= 0.3 is 0 Å². The van der Waals surface area contributed by atoms with Gasteiger partial charge in [0.15, 0.2) is 0 Å². The van der Waals surface area contributed by atoms with E-state index in [9.17, 15) is 10.1 Å². The minimum Gasteiger partial charge on any atom is -0.322 e. The van der Waals surface area contributed by atoms with Crippen molar-refractivity contribution in [3.8, 4) is 6.07 Å². The quantitative estimate of drug-likeness (QED) is 0.755. The highest BCUT2D eigenvalue weighted by atomic mass is 16.1. The van der Waals surface area contributed by atoms with E-state index in [2.05, 4.69) is 30.1 Å². The number of hydrogen-bond donors (Lipinski definition) is 1. The number of rotatable bonds is 4. The molecule has 3 rings (SSSR count). The van der Waals surface area contributed by atoms with Gasteiger partial charge in [-0.1, -0.05) is 56.3 Å². The summed E-state index contributed by atoms with van der Waals surface area (Å²) in [7, 11) is 0. The molecule has 25 heavy (non-hydrogen) atoms. The molecule has 2 unspecified atom stereocenters. The fourth-order valence-corrected chi connectivity index (χ4v) is 3.32. The summed E-state index contributed by atoms with van der Waals surface area (Å²) in [5.74, 6) is 0.0257. The number of benzene rings is 2. The zero-order chi connectivity index (χ0) is 18.0. The molecule has 0 amide bonds. The standard InChI is InChI=1S/C22H22N2O/c1-4-16-12-18-10-11-19(13-20(18)24-21(16)25)22(3,14-23)15(2)17-8-6-5-7-9-17/h5-13,15H,4H2,1-3H3,(H,24,25). The van der Waals surface area contributed by atoms with E-state index < -0.39 is 5.41 Å². The van der Waals surface area contributed by atoms with Crippen molar-refractivity contribution in [2.45, 2.75) is 38.5 Å². The summed E-state index contributed by atoms with van der Waals surface area (Å²) in [4.78, 5) is 15.1. The Morgan fingerprint density at radius 1 is 1.16 bits per heavy atom. The van der Waals surface area contributed by atoms with Crippen molar-refractivity contribution < 1.29 is 0 Å². The summed E-state index contributed by atoms with van der Waals surface area (Å²) in [6.07, 6.45) is 0.702. The number of aromatic amines is 1. The number of hydrogen-bond acceptors (Lipinski definition) is 2. The molecule has 2 atom stereocenters. The van der Waals surface area contributed by atoms with E-state index in [1.54, 1.807) is 0 Å². The average molecular weight is 330 g/mol. The van der Waals surface area contributed by atoms with Crippen LogP contribution in [0.2, 0.25) is 0 Å². The Morgan fingerprint density at radius 3 is 2.52 bits per heavy atom. The summed E-state index contributed by atoms with van der Waals surface area (Å²) in [5.41, 5.74) is 2.86. The molecule has 1 aromatic heterocycles. The molecule has 1 N–H and O–H groups in total. The van der Waals surface area contributed by atoms with Crippen LogP contribution < -0.4 is 5.56 Å². The van der Waals surface area contributed by atoms with Crippen LogP contribution in [0.15, 0.2) is 59.4 Å². The molecule has 0 bridgehead atoms. The molecule has 3 aromatic rings. The Kier molecular flexibility index (Phi) is 4.46. The van der Waals surface area contributed by atoms with E-state index in [0.29, 0.717) is 6.42 Å². The van der Waals surface area contributed by atoms with Crippen LogP contribution in [-0.4, -0.2) is 4.98 Å². The van der Waals surface area contributed by atoms with Crippen molar-refractivity contribution in [3.63, 3.8) is 0 Å². The van der Waals surface area contributed by atoms with Gasteiger partial charge in [-0.25, -0.2) is 0 Å². The molecule has 0 aliphatic heterocycles. The summed E-state index contributed by atoms with van der Waals surface area (Å²) in [5, 5.41) is 11.0. The molecule has 0 radical (unpaired) electrons. The maximum absolute atomic E-state index is 12.1. The third-order valence-electron chi connectivity index (χ3n) is 5.30. The number of H-pyrrole nitrogens is 1. The number of aryl methyl sites for hydroxylation is 1. The first-order chi connectivity index (χ1) is 12.0. The molecule has 0 spiro atoms. The van der Waals surface area contributed by atoms with Crippen LogP contribution >= 0.6 is 0 Å². The fraction of sp³-hybridized carbons (Fsp3) is 0.273. The second-order valence-corrected chi connectivity index (χ2v) is 6.73.